The van der Waals surface area contributed by atoms with E-state index in [-0.39, 0.29) is 0 Å². The summed E-state index contributed by atoms with van der Waals surface area (Å²) in [5, 5.41) is 5.27. The number of nitrogens with zero attached hydrogens (tertiary/aromatic N) is 3. The van der Waals surface area contributed by atoms with Crippen LogP contribution in [-0.2, 0) is 0 Å². The van der Waals surface area contributed by atoms with Crippen molar-refractivity contribution in [1.82, 2.24) is 15.2 Å². The number of pyridine rings is 1. The van der Waals surface area contributed by atoms with Gasteiger partial charge in [-0.1, -0.05) is 18.2 Å². The van der Waals surface area contributed by atoms with Crippen molar-refractivity contribution in [3.63, 3.8) is 0 Å². The quantitative estimate of drug-likeness (QED) is 0.860. The van der Waals surface area contributed by atoms with Crippen LogP contribution in [0.2, 0.25) is 0 Å². The van der Waals surface area contributed by atoms with Gasteiger partial charge in [0, 0.05) is 38.1 Å². The number of hydrogen-bond donors (Lipinski definition) is 1. The topological polar surface area (TPSA) is 31.4 Å². The van der Waals surface area contributed by atoms with Crippen LogP contribution in [0.25, 0.3) is 10.9 Å². The highest BCUT2D eigenvalue weighted by Crippen LogP contribution is 2.19. The lowest BCUT2D eigenvalue weighted by molar-refractivity contribution is 0.380. The highest BCUT2D eigenvalue weighted by Gasteiger charge is 2.19. The first-order valence-corrected chi connectivity index (χ1v) is 7.82. The summed E-state index contributed by atoms with van der Waals surface area (Å²) in [5.41, 5.74) is 1.06. The molecule has 0 saturated carbocycles. The highest BCUT2D eigenvalue weighted by molar-refractivity contribution is 7.80. The Bertz CT molecular complexity index is 635. The van der Waals surface area contributed by atoms with Crippen LogP contribution in [0.3, 0.4) is 0 Å². The van der Waals surface area contributed by atoms with Crippen LogP contribution in [0.1, 0.15) is 6.92 Å². The largest absolute Gasteiger partial charge is 0.363 e. The Balaban J connectivity index is 1.69. The van der Waals surface area contributed by atoms with Crippen LogP contribution >= 0.6 is 12.2 Å². The number of para-hydroxylation sites is 1. The van der Waals surface area contributed by atoms with Gasteiger partial charge < -0.3 is 15.1 Å². The summed E-state index contributed by atoms with van der Waals surface area (Å²) in [4.78, 5) is 9.33. The Hall–Kier alpha value is -1.88. The molecule has 3 rings (SSSR count). The zero-order chi connectivity index (χ0) is 14.7. The van der Waals surface area contributed by atoms with E-state index in [1.54, 1.807) is 0 Å². The molecule has 1 fully saturated rings. The lowest BCUT2D eigenvalue weighted by Gasteiger charge is -2.36. The van der Waals surface area contributed by atoms with Crippen molar-refractivity contribution in [2.75, 3.05) is 37.6 Å². The maximum atomic E-state index is 5.37. The van der Waals surface area contributed by atoms with Gasteiger partial charge in [0.25, 0.3) is 0 Å². The first-order chi connectivity index (χ1) is 10.3. The summed E-state index contributed by atoms with van der Waals surface area (Å²) in [5.74, 6) is 1.06. The average molecular weight is 300 g/mol. The molecule has 1 aromatic heterocycles. The molecule has 1 N–H and O–H groups in total. The summed E-state index contributed by atoms with van der Waals surface area (Å²) in [6.45, 7) is 6.75. The van der Waals surface area contributed by atoms with Gasteiger partial charge >= 0.3 is 0 Å². The van der Waals surface area contributed by atoms with E-state index in [0.29, 0.717) is 0 Å². The van der Waals surface area contributed by atoms with Gasteiger partial charge in [-0.3, -0.25) is 0 Å². The SMILES string of the molecule is CCNC(=S)N1CCN(c2ccc3ccccc3n2)CC1. The average Bonchev–Trinajstić information content (AvgIpc) is 2.55. The molecular formula is C16H20N4S. The number of thiocarbonyl (C=S) groups is 1. The summed E-state index contributed by atoms with van der Waals surface area (Å²) < 4.78 is 0. The minimum absolute atomic E-state index is 0.864. The summed E-state index contributed by atoms with van der Waals surface area (Å²) in [6.07, 6.45) is 0. The van der Waals surface area contributed by atoms with E-state index in [1.807, 2.05) is 12.1 Å². The molecule has 1 aliphatic rings. The Morgan fingerprint density at radius 1 is 1.14 bits per heavy atom. The second-order valence-corrected chi connectivity index (χ2v) is 5.56. The van der Waals surface area contributed by atoms with Crippen LogP contribution in [0, 0.1) is 0 Å². The van der Waals surface area contributed by atoms with Crippen molar-refractivity contribution in [2.45, 2.75) is 6.92 Å². The van der Waals surface area contributed by atoms with E-state index in [4.69, 9.17) is 17.2 Å². The summed E-state index contributed by atoms with van der Waals surface area (Å²) in [6, 6.07) is 12.5. The number of fused-ring (bicyclic) bond motifs is 1. The molecule has 21 heavy (non-hydrogen) atoms. The molecule has 0 aliphatic carbocycles. The minimum atomic E-state index is 0.864. The van der Waals surface area contributed by atoms with Crippen molar-refractivity contribution < 1.29 is 0 Å². The number of benzene rings is 1. The van der Waals surface area contributed by atoms with E-state index in [2.05, 4.69) is 46.3 Å². The first kappa shape index (κ1) is 14.1. The second kappa shape index (κ2) is 6.26. The van der Waals surface area contributed by atoms with E-state index >= 15 is 0 Å². The Kier molecular flexibility index (Phi) is 4.20. The Labute approximate surface area is 130 Å². The van der Waals surface area contributed by atoms with Crippen molar-refractivity contribution in [2.24, 2.45) is 0 Å². The molecule has 5 heteroatoms. The third-order valence-electron chi connectivity index (χ3n) is 3.80. The van der Waals surface area contributed by atoms with E-state index in [1.165, 1.54) is 5.39 Å². The third-order valence-corrected chi connectivity index (χ3v) is 4.21. The minimum Gasteiger partial charge on any atom is -0.363 e. The molecule has 0 atom stereocenters. The van der Waals surface area contributed by atoms with Crippen LogP contribution in [0.4, 0.5) is 5.82 Å². The summed E-state index contributed by atoms with van der Waals surface area (Å²) >= 11 is 5.37. The molecule has 2 heterocycles. The third kappa shape index (κ3) is 3.08. The smallest absolute Gasteiger partial charge is 0.169 e. The van der Waals surface area contributed by atoms with Gasteiger partial charge in [0.05, 0.1) is 5.52 Å². The Morgan fingerprint density at radius 3 is 2.67 bits per heavy atom. The van der Waals surface area contributed by atoms with E-state index < -0.39 is 0 Å². The molecular weight excluding hydrogens is 280 g/mol. The van der Waals surface area contributed by atoms with Crippen LogP contribution in [0.5, 0.6) is 0 Å². The number of aromatic nitrogens is 1. The van der Waals surface area contributed by atoms with Gasteiger partial charge in [-0.2, -0.15) is 0 Å². The molecule has 110 valence electrons. The number of anilines is 1. The van der Waals surface area contributed by atoms with Gasteiger partial charge in [0.15, 0.2) is 5.11 Å². The molecule has 0 unspecified atom stereocenters. The molecule has 1 aromatic carbocycles. The van der Waals surface area contributed by atoms with Crippen molar-refractivity contribution >= 4 is 34.1 Å². The van der Waals surface area contributed by atoms with Crippen molar-refractivity contribution in [1.29, 1.82) is 0 Å². The first-order valence-electron chi connectivity index (χ1n) is 7.41. The fourth-order valence-corrected chi connectivity index (χ4v) is 2.96. The maximum Gasteiger partial charge on any atom is 0.169 e. The van der Waals surface area contributed by atoms with E-state index in [0.717, 1.165) is 49.2 Å². The second-order valence-electron chi connectivity index (χ2n) is 5.17. The molecule has 1 saturated heterocycles. The molecule has 0 spiro atoms. The van der Waals surface area contributed by atoms with Crippen molar-refractivity contribution in [3.8, 4) is 0 Å². The van der Waals surface area contributed by atoms with Gasteiger partial charge in [-0.05, 0) is 37.3 Å². The number of hydrogen-bond acceptors (Lipinski definition) is 3. The maximum absolute atomic E-state index is 5.37. The number of piperazine rings is 1. The van der Waals surface area contributed by atoms with Crippen LogP contribution in [0.15, 0.2) is 36.4 Å². The molecule has 0 radical (unpaired) electrons. The van der Waals surface area contributed by atoms with Crippen molar-refractivity contribution in [3.05, 3.63) is 36.4 Å². The summed E-state index contributed by atoms with van der Waals surface area (Å²) in [7, 11) is 0. The molecule has 0 bridgehead atoms. The number of nitrogens with one attached hydrogen (secondary N) is 1. The Morgan fingerprint density at radius 2 is 1.90 bits per heavy atom. The molecule has 2 aromatic rings. The van der Waals surface area contributed by atoms with Crippen LogP contribution < -0.4 is 10.2 Å². The van der Waals surface area contributed by atoms with Gasteiger partial charge in [0.1, 0.15) is 5.82 Å². The van der Waals surface area contributed by atoms with Gasteiger partial charge in [0.2, 0.25) is 0 Å². The zero-order valence-corrected chi connectivity index (χ0v) is 13.1. The van der Waals surface area contributed by atoms with Gasteiger partial charge in [-0.25, -0.2) is 4.98 Å². The highest BCUT2D eigenvalue weighted by atomic mass is 32.1. The standard InChI is InChI=1S/C16H20N4S/c1-2-17-16(21)20-11-9-19(10-12-20)15-8-7-13-5-3-4-6-14(13)18-15/h3-8H,2,9-12H2,1H3,(H,17,21). The van der Waals surface area contributed by atoms with Gasteiger partial charge in [-0.15, -0.1) is 0 Å². The normalized spacial score (nSPS) is 15.3. The molecule has 4 nitrogen and oxygen atoms in total. The van der Waals surface area contributed by atoms with E-state index in [9.17, 15) is 0 Å². The monoisotopic (exact) mass is 300 g/mol. The molecule has 0 amide bonds. The fourth-order valence-electron chi connectivity index (χ4n) is 2.63. The predicted octanol–water partition coefficient (Wildman–Crippen LogP) is 2.25. The molecule has 1 aliphatic heterocycles. The lowest BCUT2D eigenvalue weighted by atomic mass is 10.2. The lowest BCUT2D eigenvalue weighted by Crippen LogP contribution is -2.51. The van der Waals surface area contributed by atoms with Crippen LogP contribution in [-0.4, -0.2) is 47.7 Å². The zero-order valence-electron chi connectivity index (χ0n) is 12.2. The number of rotatable bonds is 2. The predicted molar refractivity (Wildman–Crippen MR) is 91.8 cm³/mol. The fraction of sp³-hybridized carbons (Fsp3) is 0.375.